The molecule has 0 fully saturated rings. The Balaban J connectivity index is 1.01. The van der Waals surface area contributed by atoms with Crippen molar-refractivity contribution in [1.82, 2.24) is 0 Å². The van der Waals surface area contributed by atoms with E-state index < -0.39 is 5.41 Å². The van der Waals surface area contributed by atoms with Gasteiger partial charge in [0.1, 0.15) is 22.3 Å². The van der Waals surface area contributed by atoms with Crippen LogP contribution in [-0.4, -0.2) is 0 Å². The van der Waals surface area contributed by atoms with E-state index in [1.807, 2.05) is 6.07 Å². The summed E-state index contributed by atoms with van der Waals surface area (Å²) in [5, 5.41) is 7.31. The van der Waals surface area contributed by atoms with Crippen molar-refractivity contribution < 1.29 is 8.83 Å². The molecule has 11 aromatic rings. The van der Waals surface area contributed by atoms with Gasteiger partial charge in [0.25, 0.3) is 0 Å². The Morgan fingerprint density at radius 3 is 1.83 bits per heavy atom. The third-order valence-corrected chi connectivity index (χ3v) is 13.1. The van der Waals surface area contributed by atoms with Gasteiger partial charge in [-0.15, -0.1) is 0 Å². The summed E-state index contributed by atoms with van der Waals surface area (Å²) in [6.45, 7) is 0. The highest BCUT2D eigenvalue weighted by Gasteiger charge is 2.47. The first-order valence-electron chi connectivity index (χ1n) is 20.8. The zero-order chi connectivity index (χ0) is 38.9. The third-order valence-electron chi connectivity index (χ3n) is 13.1. The van der Waals surface area contributed by atoms with Gasteiger partial charge in [-0.25, -0.2) is 0 Å². The van der Waals surface area contributed by atoms with E-state index in [-0.39, 0.29) is 5.92 Å². The second-order valence-corrected chi connectivity index (χ2v) is 16.3. The van der Waals surface area contributed by atoms with Gasteiger partial charge in [-0.2, -0.15) is 0 Å². The number of benzene rings is 9. The average Bonchev–Trinajstić information content (AvgIpc) is 3.96. The largest absolute Gasteiger partial charge is 0.456 e. The van der Waals surface area contributed by atoms with E-state index in [2.05, 4.69) is 194 Å². The standard InChI is InChI=1S/C57H40O2/c1-3-15-41(16-4-1)57(42-17-5-2-6-18-42)50-36-37(27-31-45(50)47-32-30-39-14-7-8-19-44(39)56(47)57)26-29-40(43-22-13-25-54-55(43)48-21-10-12-24-52(48)59-54)34-38-28-33-53-49(35-38)46-20-9-11-23-51(46)58-53/h1-25,27-28,30-33,35-36,40H,26,29,34H2. The molecule has 0 spiro atoms. The first kappa shape index (κ1) is 33.9. The molecule has 0 bridgehead atoms. The van der Waals surface area contributed by atoms with Gasteiger partial charge in [0.2, 0.25) is 0 Å². The Morgan fingerprint density at radius 2 is 1.03 bits per heavy atom. The quantitative estimate of drug-likeness (QED) is 0.154. The minimum atomic E-state index is -0.479. The highest BCUT2D eigenvalue weighted by molar-refractivity contribution is 6.07. The number of furan rings is 2. The molecule has 2 nitrogen and oxygen atoms in total. The number of hydrogen-bond donors (Lipinski definition) is 0. The van der Waals surface area contributed by atoms with E-state index in [1.165, 1.54) is 77.0 Å². The van der Waals surface area contributed by atoms with Crippen LogP contribution in [0.2, 0.25) is 0 Å². The van der Waals surface area contributed by atoms with Gasteiger partial charge in [-0.3, -0.25) is 0 Å². The average molecular weight is 757 g/mol. The maximum atomic E-state index is 6.46. The van der Waals surface area contributed by atoms with Gasteiger partial charge < -0.3 is 8.83 Å². The fourth-order valence-corrected chi connectivity index (χ4v) is 10.5. The van der Waals surface area contributed by atoms with Crippen LogP contribution in [0, 0.1) is 0 Å². The number of fused-ring (bicyclic) bond motifs is 11. The summed E-state index contributed by atoms with van der Waals surface area (Å²) in [6.07, 6.45) is 2.80. The Labute approximate surface area is 343 Å². The lowest BCUT2D eigenvalue weighted by molar-refractivity contribution is 0.623. The first-order chi connectivity index (χ1) is 29.2. The molecule has 2 heterocycles. The first-order valence-corrected chi connectivity index (χ1v) is 20.8. The zero-order valence-electron chi connectivity index (χ0n) is 32.6. The van der Waals surface area contributed by atoms with Crippen molar-refractivity contribution in [3.05, 3.63) is 239 Å². The van der Waals surface area contributed by atoms with Gasteiger partial charge in [0, 0.05) is 21.5 Å². The molecule has 0 aliphatic heterocycles. The third kappa shape index (κ3) is 5.26. The summed E-state index contributed by atoms with van der Waals surface area (Å²) in [7, 11) is 0. The highest BCUT2D eigenvalue weighted by atomic mass is 16.3. The number of aryl methyl sites for hydroxylation is 1. The van der Waals surface area contributed by atoms with Crippen molar-refractivity contribution in [3.63, 3.8) is 0 Å². The Morgan fingerprint density at radius 1 is 0.424 bits per heavy atom. The van der Waals surface area contributed by atoms with Crippen LogP contribution in [0.25, 0.3) is 65.8 Å². The molecule has 59 heavy (non-hydrogen) atoms. The molecule has 0 N–H and O–H groups in total. The Hall–Kier alpha value is -7.16. The van der Waals surface area contributed by atoms with Crippen molar-refractivity contribution in [2.24, 2.45) is 0 Å². The minimum Gasteiger partial charge on any atom is -0.456 e. The summed E-state index contributed by atoms with van der Waals surface area (Å²) < 4.78 is 12.7. The van der Waals surface area contributed by atoms with Crippen LogP contribution in [0.5, 0.6) is 0 Å². The second-order valence-electron chi connectivity index (χ2n) is 16.3. The molecule has 2 aromatic heterocycles. The van der Waals surface area contributed by atoms with Crippen LogP contribution >= 0.6 is 0 Å². The van der Waals surface area contributed by atoms with Crippen LogP contribution in [-0.2, 0) is 18.3 Å². The summed E-state index contributed by atoms with van der Waals surface area (Å²) in [5.74, 6) is 0.234. The fourth-order valence-electron chi connectivity index (χ4n) is 10.5. The minimum absolute atomic E-state index is 0.234. The molecular weight excluding hydrogens is 717 g/mol. The highest BCUT2D eigenvalue weighted by Crippen LogP contribution is 2.58. The van der Waals surface area contributed by atoms with Gasteiger partial charge >= 0.3 is 0 Å². The van der Waals surface area contributed by atoms with E-state index in [0.717, 1.165) is 47.0 Å². The van der Waals surface area contributed by atoms with E-state index in [9.17, 15) is 0 Å². The molecule has 0 saturated carbocycles. The SMILES string of the molecule is c1ccc(C2(c3ccccc3)c3cc(CCC(Cc4ccc5oc6ccccc6c5c4)c4cccc5oc6ccccc6c45)ccc3-c3ccc4ccccc4c32)cc1. The number of para-hydroxylation sites is 2. The summed E-state index contributed by atoms with van der Waals surface area (Å²) in [5.41, 5.74) is 15.2. The maximum absolute atomic E-state index is 6.46. The van der Waals surface area contributed by atoms with Gasteiger partial charge in [0.05, 0.1) is 5.41 Å². The predicted molar refractivity (Wildman–Crippen MR) is 243 cm³/mol. The predicted octanol–water partition coefficient (Wildman–Crippen LogP) is 15.0. The number of hydrogen-bond acceptors (Lipinski definition) is 2. The normalized spacial score (nSPS) is 13.7. The number of rotatable bonds is 8. The fraction of sp³-hybridized carbons (Fsp3) is 0.0877. The lowest BCUT2D eigenvalue weighted by Crippen LogP contribution is -2.29. The van der Waals surface area contributed by atoms with Crippen LogP contribution in [0.15, 0.2) is 209 Å². The van der Waals surface area contributed by atoms with Gasteiger partial charge in [0.15, 0.2) is 0 Å². The molecule has 1 unspecified atom stereocenters. The van der Waals surface area contributed by atoms with Crippen molar-refractivity contribution >= 4 is 54.6 Å². The monoisotopic (exact) mass is 756 g/mol. The lowest BCUT2D eigenvalue weighted by Gasteiger charge is -2.35. The van der Waals surface area contributed by atoms with Crippen molar-refractivity contribution in [2.75, 3.05) is 0 Å². The molecule has 1 aliphatic rings. The second kappa shape index (κ2) is 13.5. The van der Waals surface area contributed by atoms with Crippen molar-refractivity contribution in [3.8, 4) is 11.1 Å². The molecule has 0 radical (unpaired) electrons. The van der Waals surface area contributed by atoms with E-state index in [1.54, 1.807) is 0 Å². The maximum Gasteiger partial charge on any atom is 0.135 e. The zero-order valence-corrected chi connectivity index (χ0v) is 32.6. The Bertz CT molecular complexity index is 3330. The topological polar surface area (TPSA) is 26.3 Å². The molecule has 1 atom stereocenters. The van der Waals surface area contributed by atoms with Gasteiger partial charge in [-0.05, 0) is 116 Å². The molecule has 9 aromatic carbocycles. The van der Waals surface area contributed by atoms with Crippen LogP contribution in [0.4, 0.5) is 0 Å². The summed E-state index contributed by atoms with van der Waals surface area (Å²) >= 11 is 0. The molecule has 0 saturated heterocycles. The van der Waals surface area contributed by atoms with Crippen LogP contribution < -0.4 is 0 Å². The van der Waals surface area contributed by atoms with Crippen LogP contribution in [0.3, 0.4) is 0 Å². The van der Waals surface area contributed by atoms with Crippen LogP contribution in [0.1, 0.15) is 51.3 Å². The van der Waals surface area contributed by atoms with E-state index >= 15 is 0 Å². The molecule has 12 rings (SSSR count). The van der Waals surface area contributed by atoms with E-state index in [4.69, 9.17) is 8.83 Å². The molecule has 280 valence electrons. The summed E-state index contributed by atoms with van der Waals surface area (Å²) in [4.78, 5) is 0. The molecular formula is C57H40O2. The van der Waals surface area contributed by atoms with Crippen molar-refractivity contribution in [2.45, 2.75) is 30.6 Å². The van der Waals surface area contributed by atoms with Gasteiger partial charge in [-0.1, -0.05) is 170 Å². The van der Waals surface area contributed by atoms with E-state index in [0.29, 0.717) is 0 Å². The molecule has 2 heteroatoms. The summed E-state index contributed by atoms with van der Waals surface area (Å²) in [6, 6.07) is 73.5. The smallest absolute Gasteiger partial charge is 0.135 e. The van der Waals surface area contributed by atoms with Crippen molar-refractivity contribution in [1.29, 1.82) is 0 Å². The molecule has 0 amide bonds. The molecule has 1 aliphatic carbocycles. The lowest BCUT2D eigenvalue weighted by atomic mass is 9.66. The Kier molecular flexibility index (Phi) is 7.74.